The Hall–Kier alpha value is -0.677. The second-order valence-electron chi connectivity index (χ2n) is 6.92. The summed E-state index contributed by atoms with van der Waals surface area (Å²) >= 11 is 0. The van der Waals surface area contributed by atoms with Gasteiger partial charge in [-0.3, -0.25) is 18.2 Å². The number of rotatable bonds is 4. The van der Waals surface area contributed by atoms with Crippen LogP contribution in [-0.2, 0) is 26.2 Å². The van der Waals surface area contributed by atoms with E-state index in [-0.39, 0.29) is 26.2 Å². The van der Waals surface area contributed by atoms with E-state index in [1.165, 1.54) is 53.5 Å². The van der Waals surface area contributed by atoms with Crippen molar-refractivity contribution in [3.63, 3.8) is 0 Å². The van der Waals surface area contributed by atoms with E-state index in [2.05, 4.69) is 84.1 Å². The summed E-state index contributed by atoms with van der Waals surface area (Å²) < 4.78 is 0. The van der Waals surface area contributed by atoms with Crippen molar-refractivity contribution in [1.82, 2.24) is 0 Å². The minimum Gasteiger partial charge on any atom is -0.269 e. The maximum Gasteiger partial charge on any atom is 3.00 e. The van der Waals surface area contributed by atoms with E-state index < -0.39 is 0 Å². The minimum absolute atomic E-state index is 0. The van der Waals surface area contributed by atoms with Crippen LogP contribution in [0.3, 0.4) is 0 Å². The Balaban J connectivity index is 0.000000355. The quantitative estimate of drug-likeness (QED) is 0.404. The Morgan fingerprint density at radius 2 is 1.35 bits per heavy atom. The number of hydrogen-bond acceptors (Lipinski definition) is 0. The Labute approximate surface area is 182 Å². The van der Waals surface area contributed by atoms with E-state index in [9.17, 15) is 0 Å². The molecule has 0 saturated carbocycles. The predicted molar refractivity (Wildman–Crippen MR) is 111 cm³/mol. The van der Waals surface area contributed by atoms with Crippen LogP contribution in [0.25, 0.3) is 0 Å². The summed E-state index contributed by atoms with van der Waals surface area (Å²) in [6.45, 7) is 13.1. The van der Waals surface area contributed by atoms with Gasteiger partial charge in [0.1, 0.15) is 0 Å². The summed E-state index contributed by atoms with van der Waals surface area (Å²) in [5, 5.41) is 0. The van der Waals surface area contributed by atoms with Gasteiger partial charge in [0, 0.05) is 0 Å². The summed E-state index contributed by atoms with van der Waals surface area (Å²) in [7, 11) is 0. The zero-order valence-electron chi connectivity index (χ0n) is 17.6. The topological polar surface area (TPSA) is 0 Å². The second-order valence-corrected chi connectivity index (χ2v) is 6.92. The van der Waals surface area contributed by atoms with Crippen molar-refractivity contribution in [2.45, 2.75) is 80.1 Å². The molecule has 0 aliphatic heterocycles. The molecule has 0 spiro atoms. The van der Waals surface area contributed by atoms with Crippen molar-refractivity contribution < 1.29 is 26.2 Å². The third kappa shape index (κ3) is 9.31. The summed E-state index contributed by atoms with van der Waals surface area (Å²) in [5.41, 5.74) is 7.04. The van der Waals surface area contributed by atoms with Gasteiger partial charge in [-0.05, 0) is 0 Å². The number of allylic oxidation sites excluding steroid dienone is 12. The summed E-state index contributed by atoms with van der Waals surface area (Å²) in [5.74, 6) is 0.560. The molecule has 1 atom stereocenters. The molecule has 3 aliphatic rings. The summed E-state index contributed by atoms with van der Waals surface area (Å²) in [6.07, 6.45) is 25.5. The maximum absolute atomic E-state index is 3.36. The van der Waals surface area contributed by atoms with Crippen LogP contribution in [0.2, 0.25) is 0 Å². The van der Waals surface area contributed by atoms with E-state index in [4.69, 9.17) is 0 Å². The normalized spacial score (nSPS) is 19.8. The van der Waals surface area contributed by atoms with E-state index >= 15 is 0 Å². The molecule has 0 aromatic heterocycles. The molecule has 0 amide bonds. The summed E-state index contributed by atoms with van der Waals surface area (Å²) in [6, 6.07) is 0. The third-order valence-electron chi connectivity index (χ3n) is 4.81. The van der Waals surface area contributed by atoms with Gasteiger partial charge in [0.15, 0.2) is 0 Å². The van der Waals surface area contributed by atoms with Crippen molar-refractivity contribution in [3.05, 3.63) is 70.4 Å². The van der Waals surface area contributed by atoms with Gasteiger partial charge >= 0.3 is 26.2 Å². The average Bonchev–Trinajstić information content (AvgIpc) is 3.32. The molecular formula is C25H35Zr. The Morgan fingerprint density at radius 3 is 1.54 bits per heavy atom. The first-order valence-corrected chi connectivity index (χ1v) is 9.79. The van der Waals surface area contributed by atoms with Gasteiger partial charge in [-0.1, -0.05) is 66.2 Å². The van der Waals surface area contributed by atoms with Gasteiger partial charge in [0.2, 0.25) is 0 Å². The minimum atomic E-state index is 0. The van der Waals surface area contributed by atoms with Gasteiger partial charge < -0.3 is 0 Å². The van der Waals surface area contributed by atoms with Crippen molar-refractivity contribution in [2.24, 2.45) is 5.92 Å². The van der Waals surface area contributed by atoms with E-state index in [0.717, 1.165) is 12.8 Å². The van der Waals surface area contributed by atoms with E-state index in [0.29, 0.717) is 5.92 Å². The molecule has 0 aromatic carbocycles. The van der Waals surface area contributed by atoms with Crippen LogP contribution in [0, 0.1) is 24.1 Å². The Kier molecular flexibility index (Phi) is 14.0. The molecule has 0 N–H and O–H groups in total. The fourth-order valence-electron chi connectivity index (χ4n) is 2.94. The van der Waals surface area contributed by atoms with Gasteiger partial charge in [-0.15, -0.1) is 19.8 Å². The van der Waals surface area contributed by atoms with Crippen molar-refractivity contribution in [2.75, 3.05) is 0 Å². The molecule has 1 radical (unpaired) electrons. The van der Waals surface area contributed by atoms with Crippen molar-refractivity contribution in [3.8, 4) is 0 Å². The van der Waals surface area contributed by atoms with Crippen LogP contribution in [0.15, 0.2) is 52.2 Å². The first-order valence-electron chi connectivity index (χ1n) is 9.79. The first kappa shape index (κ1) is 25.3. The monoisotopic (exact) mass is 425 g/mol. The summed E-state index contributed by atoms with van der Waals surface area (Å²) in [4.78, 5) is 0. The molecule has 0 aromatic rings. The predicted octanol–water partition coefficient (Wildman–Crippen LogP) is 7.67. The molecule has 3 aliphatic carbocycles. The SMILES string of the molecule is CC1=[C-]C(C)C(C)=C1C.CCCC1=[C-]CC=C1.CCCC1=[C-]CC=C1.[Zr+3]. The fourth-order valence-corrected chi connectivity index (χ4v) is 2.94. The third-order valence-corrected chi connectivity index (χ3v) is 4.81. The van der Waals surface area contributed by atoms with Crippen LogP contribution < -0.4 is 0 Å². The molecule has 1 heteroatoms. The molecule has 1 unspecified atom stereocenters. The van der Waals surface area contributed by atoms with Crippen molar-refractivity contribution >= 4 is 0 Å². The van der Waals surface area contributed by atoms with E-state index in [1.807, 2.05) is 0 Å². The van der Waals surface area contributed by atoms with Crippen molar-refractivity contribution in [1.29, 1.82) is 0 Å². The van der Waals surface area contributed by atoms with Gasteiger partial charge in [0.25, 0.3) is 0 Å². The van der Waals surface area contributed by atoms with Crippen LogP contribution in [0.4, 0.5) is 0 Å². The molecule has 0 fully saturated rings. The molecule has 3 rings (SSSR count). The largest absolute Gasteiger partial charge is 3.00 e. The Bertz CT molecular complexity index is 562. The van der Waals surface area contributed by atoms with Gasteiger partial charge in [-0.2, -0.15) is 23.3 Å². The average molecular weight is 427 g/mol. The van der Waals surface area contributed by atoms with Crippen LogP contribution >= 0.6 is 0 Å². The fraction of sp³-hybridized carbons (Fsp3) is 0.520. The molecule has 0 nitrogen and oxygen atoms in total. The molecule has 0 saturated heterocycles. The van der Waals surface area contributed by atoms with Gasteiger partial charge in [0.05, 0.1) is 0 Å². The Morgan fingerprint density at radius 1 is 0.885 bits per heavy atom. The zero-order chi connectivity index (χ0) is 18.7. The zero-order valence-corrected chi connectivity index (χ0v) is 20.1. The van der Waals surface area contributed by atoms with E-state index in [1.54, 1.807) is 0 Å². The molecule has 139 valence electrons. The smallest absolute Gasteiger partial charge is 0.269 e. The first-order chi connectivity index (χ1) is 12.0. The molecule has 0 heterocycles. The maximum atomic E-state index is 3.36. The standard InChI is InChI=1S/C9H13.2C8H11.Zr/c1-6-5-7(2)9(4)8(6)3;2*1-2-5-8-6-3-4-7-8;/h6H,1-4H3;2*3,6H,2,4-5H2,1H3;/q3*-1;+3. The van der Waals surface area contributed by atoms with Crippen LogP contribution in [0.5, 0.6) is 0 Å². The van der Waals surface area contributed by atoms with Gasteiger partial charge in [-0.25, -0.2) is 28.9 Å². The van der Waals surface area contributed by atoms with Crippen LogP contribution in [0.1, 0.15) is 80.1 Å². The number of hydrogen-bond donors (Lipinski definition) is 0. The second kappa shape index (κ2) is 14.4. The molecule has 0 bridgehead atoms. The molecular weight excluding hydrogens is 391 g/mol. The molecule has 26 heavy (non-hydrogen) atoms. The van der Waals surface area contributed by atoms with Crippen LogP contribution in [-0.4, -0.2) is 0 Å².